The van der Waals surface area contributed by atoms with Crippen molar-refractivity contribution in [3.05, 3.63) is 57.4 Å². The molecule has 11 heteroatoms. The minimum Gasteiger partial charge on any atom is -0.494 e. The summed E-state index contributed by atoms with van der Waals surface area (Å²) in [6.45, 7) is 3.52. The van der Waals surface area contributed by atoms with Crippen molar-refractivity contribution in [2.24, 2.45) is 0 Å². The van der Waals surface area contributed by atoms with Gasteiger partial charge in [0.2, 0.25) is 5.95 Å². The molecule has 0 atom stereocenters. The molecule has 0 spiro atoms. The van der Waals surface area contributed by atoms with Gasteiger partial charge >= 0.3 is 0 Å². The molecule has 1 aromatic carbocycles. The Labute approximate surface area is 202 Å². The number of piperazine rings is 1. The van der Waals surface area contributed by atoms with Crippen LogP contribution < -0.4 is 25.6 Å². The molecular weight excluding hydrogens is 542 g/mol. The van der Waals surface area contributed by atoms with Crippen molar-refractivity contribution in [1.29, 1.82) is 0 Å². The first-order valence-corrected chi connectivity index (χ1v) is 11.5. The number of pyridine rings is 1. The molecule has 4 rings (SSSR count). The Kier molecular flexibility index (Phi) is 7.18. The van der Waals surface area contributed by atoms with Crippen molar-refractivity contribution in [2.75, 3.05) is 48.8 Å². The van der Waals surface area contributed by atoms with Gasteiger partial charge in [-0.15, -0.1) is 0 Å². The van der Waals surface area contributed by atoms with Gasteiger partial charge in [0.25, 0.3) is 5.91 Å². The van der Waals surface area contributed by atoms with E-state index in [1.807, 2.05) is 6.07 Å². The maximum absolute atomic E-state index is 12.5. The van der Waals surface area contributed by atoms with Gasteiger partial charge in [-0.1, -0.05) is 6.07 Å². The van der Waals surface area contributed by atoms with E-state index in [4.69, 9.17) is 4.74 Å². The number of carbonyl (C=O) groups excluding carboxylic acids is 1. The molecule has 0 bridgehead atoms. The fourth-order valence-corrected chi connectivity index (χ4v) is 3.83. The van der Waals surface area contributed by atoms with Gasteiger partial charge in [0.15, 0.2) is 0 Å². The summed E-state index contributed by atoms with van der Waals surface area (Å²) in [5.74, 6) is 1.50. The van der Waals surface area contributed by atoms with Crippen LogP contribution in [0.1, 0.15) is 10.5 Å². The van der Waals surface area contributed by atoms with E-state index in [0.29, 0.717) is 33.5 Å². The van der Waals surface area contributed by atoms with Gasteiger partial charge in [-0.05, 0) is 56.1 Å². The maximum Gasteiger partial charge on any atom is 0.274 e. The third-order valence-electron chi connectivity index (χ3n) is 4.79. The van der Waals surface area contributed by atoms with E-state index in [-0.39, 0.29) is 5.91 Å². The van der Waals surface area contributed by atoms with Crippen molar-refractivity contribution >= 4 is 60.9 Å². The number of hydrogen-bond acceptors (Lipinski definition) is 8. The Hall–Kier alpha value is -2.76. The van der Waals surface area contributed by atoms with Crippen molar-refractivity contribution < 1.29 is 9.53 Å². The molecule has 2 aromatic heterocycles. The molecule has 0 aliphatic carbocycles. The molecule has 32 heavy (non-hydrogen) atoms. The number of ether oxygens (including phenoxy) is 1. The molecule has 0 unspecified atom stereocenters. The molecule has 3 aromatic rings. The van der Waals surface area contributed by atoms with E-state index in [1.165, 1.54) is 0 Å². The second kappa shape index (κ2) is 10.2. The summed E-state index contributed by atoms with van der Waals surface area (Å²) in [4.78, 5) is 28.0. The fourth-order valence-electron chi connectivity index (χ4n) is 3.19. The molecule has 0 saturated carbocycles. The molecule has 0 radical (unpaired) electrons. The van der Waals surface area contributed by atoms with Crippen LogP contribution in [0.2, 0.25) is 0 Å². The number of rotatable bonds is 6. The van der Waals surface area contributed by atoms with Crippen molar-refractivity contribution in [1.82, 2.24) is 20.3 Å². The molecule has 1 fully saturated rings. The number of carbonyl (C=O) groups is 1. The summed E-state index contributed by atoms with van der Waals surface area (Å²) >= 11 is 6.79. The third-order valence-corrected chi connectivity index (χ3v) is 5.81. The monoisotopic (exact) mass is 561 g/mol. The van der Waals surface area contributed by atoms with Gasteiger partial charge in [0.1, 0.15) is 21.9 Å². The van der Waals surface area contributed by atoms with E-state index in [0.717, 1.165) is 36.3 Å². The highest BCUT2D eigenvalue weighted by atomic mass is 79.9. The van der Waals surface area contributed by atoms with Crippen molar-refractivity contribution in [3.8, 4) is 5.75 Å². The number of nitrogens with one attached hydrogen (secondary N) is 3. The van der Waals surface area contributed by atoms with E-state index < -0.39 is 0 Å². The minimum absolute atomic E-state index is 0.300. The van der Waals surface area contributed by atoms with Gasteiger partial charge in [0.05, 0.1) is 17.3 Å². The highest BCUT2D eigenvalue weighted by Crippen LogP contribution is 2.31. The molecule has 1 saturated heterocycles. The Bertz CT molecular complexity index is 1120. The van der Waals surface area contributed by atoms with Gasteiger partial charge < -0.3 is 25.6 Å². The van der Waals surface area contributed by atoms with Crippen LogP contribution in [0.15, 0.2) is 51.7 Å². The van der Waals surface area contributed by atoms with Gasteiger partial charge in [-0.3, -0.25) is 4.79 Å². The number of amides is 1. The smallest absolute Gasteiger partial charge is 0.274 e. The Morgan fingerprint density at radius 3 is 2.72 bits per heavy atom. The summed E-state index contributed by atoms with van der Waals surface area (Å²) in [5, 5.41) is 9.45. The zero-order valence-electron chi connectivity index (χ0n) is 17.2. The van der Waals surface area contributed by atoms with Crippen LogP contribution in [0.5, 0.6) is 5.75 Å². The predicted octanol–water partition coefficient (Wildman–Crippen LogP) is 3.81. The first-order chi connectivity index (χ1) is 15.5. The van der Waals surface area contributed by atoms with Crippen molar-refractivity contribution in [2.45, 2.75) is 0 Å². The Balaban J connectivity index is 1.52. The summed E-state index contributed by atoms with van der Waals surface area (Å²) in [5.41, 5.74) is 1.59. The quantitative estimate of drug-likeness (QED) is 0.390. The lowest BCUT2D eigenvalue weighted by molar-refractivity contribution is 0.102. The highest BCUT2D eigenvalue weighted by Gasteiger charge is 2.16. The molecular formula is C21H21Br2N7O2. The lowest BCUT2D eigenvalue weighted by Crippen LogP contribution is -2.44. The number of benzene rings is 1. The first-order valence-electron chi connectivity index (χ1n) is 9.90. The summed E-state index contributed by atoms with van der Waals surface area (Å²) < 4.78 is 6.82. The Morgan fingerprint density at radius 2 is 1.97 bits per heavy atom. The molecule has 9 nitrogen and oxygen atoms in total. The lowest BCUT2D eigenvalue weighted by atomic mass is 10.2. The lowest BCUT2D eigenvalue weighted by Gasteiger charge is -2.27. The van der Waals surface area contributed by atoms with E-state index in [9.17, 15) is 4.79 Å². The normalized spacial score (nSPS) is 13.5. The van der Waals surface area contributed by atoms with Crippen LogP contribution >= 0.6 is 31.9 Å². The molecule has 1 aliphatic heterocycles. The number of aromatic nitrogens is 3. The summed E-state index contributed by atoms with van der Waals surface area (Å²) in [6.07, 6.45) is 1.74. The molecule has 3 heterocycles. The van der Waals surface area contributed by atoms with E-state index in [1.54, 1.807) is 43.6 Å². The largest absolute Gasteiger partial charge is 0.494 e. The number of halogens is 2. The number of anilines is 4. The molecule has 166 valence electrons. The second-order valence-corrected chi connectivity index (χ2v) is 8.61. The van der Waals surface area contributed by atoms with Crippen LogP contribution in [0.25, 0.3) is 0 Å². The fraction of sp³-hybridized carbons (Fsp3) is 0.238. The standard InChI is InChI=1S/C21H21Br2N7O2/c1-32-17-11-13(5-6-15(17)28-20(31)16-3-2-4-18(23)27-16)26-19-14(22)12-25-21(29-19)30-9-7-24-8-10-30/h2-6,11-12,24H,7-10H2,1H3,(H,28,31)(H,25,26,29). The van der Waals surface area contributed by atoms with Crippen LogP contribution in [0.4, 0.5) is 23.1 Å². The third kappa shape index (κ3) is 5.34. The molecule has 1 aliphatic rings. The predicted molar refractivity (Wildman–Crippen MR) is 131 cm³/mol. The summed E-state index contributed by atoms with van der Waals surface area (Å²) in [7, 11) is 1.55. The van der Waals surface area contributed by atoms with Gasteiger partial charge in [0, 0.05) is 44.1 Å². The van der Waals surface area contributed by atoms with Crippen LogP contribution in [-0.2, 0) is 0 Å². The van der Waals surface area contributed by atoms with Gasteiger partial charge in [-0.2, -0.15) is 4.98 Å². The zero-order chi connectivity index (χ0) is 22.5. The van der Waals surface area contributed by atoms with Crippen LogP contribution in [-0.4, -0.2) is 54.1 Å². The average molecular weight is 563 g/mol. The first kappa shape index (κ1) is 22.4. The van der Waals surface area contributed by atoms with Crippen molar-refractivity contribution in [3.63, 3.8) is 0 Å². The topological polar surface area (TPSA) is 104 Å². The SMILES string of the molecule is COc1cc(Nc2nc(N3CCNCC3)ncc2Br)ccc1NC(=O)c1cccc(Br)n1. The number of hydrogen-bond donors (Lipinski definition) is 3. The van der Waals surface area contributed by atoms with E-state index >= 15 is 0 Å². The van der Waals surface area contributed by atoms with Crippen LogP contribution in [0.3, 0.4) is 0 Å². The van der Waals surface area contributed by atoms with E-state index in [2.05, 4.69) is 67.7 Å². The van der Waals surface area contributed by atoms with Gasteiger partial charge in [-0.25, -0.2) is 9.97 Å². The summed E-state index contributed by atoms with van der Waals surface area (Å²) in [6, 6.07) is 10.6. The Morgan fingerprint density at radius 1 is 1.16 bits per heavy atom. The molecule has 1 amide bonds. The highest BCUT2D eigenvalue weighted by molar-refractivity contribution is 9.10. The average Bonchev–Trinajstić information content (AvgIpc) is 2.82. The zero-order valence-corrected chi connectivity index (χ0v) is 20.4. The maximum atomic E-state index is 12.5. The number of nitrogens with zero attached hydrogens (tertiary/aromatic N) is 4. The number of methoxy groups -OCH3 is 1. The molecule has 3 N–H and O–H groups in total. The minimum atomic E-state index is -0.329. The second-order valence-electron chi connectivity index (χ2n) is 6.94. The van der Waals surface area contributed by atoms with Crippen LogP contribution in [0, 0.1) is 0 Å².